The van der Waals surface area contributed by atoms with E-state index in [-0.39, 0.29) is 23.6 Å². The number of aromatic carboxylic acids is 1. The first-order valence-electron chi connectivity index (χ1n) is 6.34. The number of aromatic nitrogens is 1. The van der Waals surface area contributed by atoms with Crippen molar-refractivity contribution in [2.45, 2.75) is 39.7 Å². The van der Waals surface area contributed by atoms with E-state index >= 15 is 0 Å². The van der Waals surface area contributed by atoms with Gasteiger partial charge >= 0.3 is 5.97 Å². The molecule has 1 aromatic heterocycles. The van der Waals surface area contributed by atoms with Crippen LogP contribution in [0.1, 0.15) is 49.4 Å². The van der Waals surface area contributed by atoms with E-state index in [0.29, 0.717) is 18.7 Å². The molecule has 1 aliphatic rings. The molecule has 1 fully saturated rings. The zero-order chi connectivity index (χ0) is 14.0. The van der Waals surface area contributed by atoms with E-state index in [1.807, 2.05) is 0 Å². The molecule has 0 aliphatic carbocycles. The van der Waals surface area contributed by atoms with Gasteiger partial charge in [-0.2, -0.15) is 0 Å². The molecule has 1 aliphatic heterocycles. The average Bonchev–Trinajstić information content (AvgIpc) is 2.75. The molecule has 0 saturated carbocycles. The van der Waals surface area contributed by atoms with E-state index in [2.05, 4.69) is 19.0 Å². The monoisotopic (exact) mass is 266 g/mol. The first-order chi connectivity index (χ1) is 8.87. The highest BCUT2D eigenvalue weighted by Gasteiger charge is 2.28. The lowest BCUT2D eigenvalue weighted by atomic mass is 9.85. The zero-order valence-corrected chi connectivity index (χ0v) is 11.2. The molecule has 2 heterocycles. The summed E-state index contributed by atoms with van der Waals surface area (Å²) in [7, 11) is 0. The van der Waals surface area contributed by atoms with E-state index in [4.69, 9.17) is 9.63 Å². The molecule has 0 aromatic carbocycles. The first-order valence-corrected chi connectivity index (χ1v) is 6.34. The van der Waals surface area contributed by atoms with Gasteiger partial charge in [0.05, 0.1) is 6.54 Å². The number of carboxylic acids is 1. The molecule has 2 rings (SSSR count). The Bertz CT molecular complexity index is 493. The highest BCUT2D eigenvalue weighted by molar-refractivity contribution is 5.85. The molecule has 1 N–H and O–H groups in total. The van der Waals surface area contributed by atoms with Crippen LogP contribution in [0.25, 0.3) is 0 Å². The van der Waals surface area contributed by atoms with Gasteiger partial charge in [-0.3, -0.25) is 4.79 Å². The molecule has 6 nitrogen and oxygen atoms in total. The molecule has 1 aromatic rings. The molecule has 1 amide bonds. The summed E-state index contributed by atoms with van der Waals surface area (Å²) >= 11 is 0. The van der Waals surface area contributed by atoms with Crippen molar-refractivity contribution < 1.29 is 19.2 Å². The fourth-order valence-corrected chi connectivity index (χ4v) is 2.13. The van der Waals surface area contributed by atoms with Crippen LogP contribution in [0.2, 0.25) is 0 Å². The Morgan fingerprint density at radius 2 is 2.26 bits per heavy atom. The number of amides is 1. The number of carbonyl (C=O) groups excluding carboxylic acids is 1. The van der Waals surface area contributed by atoms with Gasteiger partial charge in [-0.1, -0.05) is 19.0 Å². The fraction of sp³-hybridized carbons (Fsp3) is 0.615. The third-order valence-electron chi connectivity index (χ3n) is 3.55. The predicted octanol–water partition coefficient (Wildman–Crippen LogP) is 1.91. The Hall–Kier alpha value is -1.85. The van der Waals surface area contributed by atoms with E-state index in [1.54, 1.807) is 4.90 Å². The van der Waals surface area contributed by atoms with Gasteiger partial charge in [0.2, 0.25) is 5.91 Å². The fourth-order valence-electron chi connectivity index (χ4n) is 2.13. The molecule has 0 spiro atoms. The molecule has 6 heteroatoms. The van der Waals surface area contributed by atoms with E-state index in [1.165, 1.54) is 6.07 Å². The minimum absolute atomic E-state index is 0.0823. The van der Waals surface area contributed by atoms with Crippen molar-refractivity contribution in [2.24, 2.45) is 5.41 Å². The number of hydrogen-bond acceptors (Lipinski definition) is 4. The molecule has 0 bridgehead atoms. The Kier molecular flexibility index (Phi) is 3.59. The van der Waals surface area contributed by atoms with Crippen LogP contribution in [0.4, 0.5) is 0 Å². The zero-order valence-electron chi connectivity index (χ0n) is 11.2. The summed E-state index contributed by atoms with van der Waals surface area (Å²) in [5, 5.41) is 12.2. The van der Waals surface area contributed by atoms with Gasteiger partial charge in [-0.05, 0) is 18.3 Å². The lowest BCUT2D eigenvalue weighted by Crippen LogP contribution is -2.29. The number of likely N-dealkylation sites (tertiary alicyclic amines) is 1. The Morgan fingerprint density at radius 3 is 2.89 bits per heavy atom. The topological polar surface area (TPSA) is 83.6 Å². The Labute approximate surface area is 111 Å². The van der Waals surface area contributed by atoms with E-state index in [0.717, 1.165) is 12.8 Å². The lowest BCUT2D eigenvalue weighted by molar-refractivity contribution is -0.131. The molecule has 0 radical (unpaired) electrons. The maximum atomic E-state index is 12.0. The summed E-state index contributed by atoms with van der Waals surface area (Å²) in [6.07, 6.45) is 2.32. The van der Waals surface area contributed by atoms with Gasteiger partial charge in [-0.25, -0.2) is 4.79 Å². The molecule has 1 saturated heterocycles. The standard InChI is InChI=1S/C13H18N2O4/c1-13(2)4-3-11(16)15(6-5-13)8-9-7-10(12(17)18)14-19-9/h7H,3-6,8H2,1-2H3,(H,17,18). The lowest BCUT2D eigenvalue weighted by Gasteiger charge is -2.22. The van der Waals surface area contributed by atoms with Crippen LogP contribution in [0.15, 0.2) is 10.6 Å². The Morgan fingerprint density at radius 1 is 1.53 bits per heavy atom. The normalized spacial score (nSPS) is 19.3. The van der Waals surface area contributed by atoms with Gasteiger partial charge in [0.25, 0.3) is 0 Å². The second kappa shape index (κ2) is 5.03. The van der Waals surface area contributed by atoms with Crippen LogP contribution in [-0.2, 0) is 11.3 Å². The van der Waals surface area contributed by atoms with Crippen molar-refractivity contribution in [3.05, 3.63) is 17.5 Å². The number of hydrogen-bond donors (Lipinski definition) is 1. The van der Waals surface area contributed by atoms with Crippen molar-refractivity contribution >= 4 is 11.9 Å². The highest BCUT2D eigenvalue weighted by Crippen LogP contribution is 2.30. The van der Waals surface area contributed by atoms with Crippen LogP contribution in [0.5, 0.6) is 0 Å². The quantitative estimate of drug-likeness (QED) is 0.903. The van der Waals surface area contributed by atoms with Gasteiger partial charge in [0.15, 0.2) is 11.5 Å². The average molecular weight is 266 g/mol. The summed E-state index contributed by atoms with van der Waals surface area (Å²) in [6, 6.07) is 1.37. The minimum atomic E-state index is -1.13. The molecule has 0 unspecified atom stereocenters. The van der Waals surface area contributed by atoms with E-state index in [9.17, 15) is 9.59 Å². The third-order valence-corrected chi connectivity index (χ3v) is 3.55. The smallest absolute Gasteiger partial charge is 0.358 e. The summed E-state index contributed by atoms with van der Waals surface area (Å²) in [6.45, 7) is 5.26. The summed E-state index contributed by atoms with van der Waals surface area (Å²) in [4.78, 5) is 24.4. The van der Waals surface area contributed by atoms with Crippen molar-refractivity contribution in [2.75, 3.05) is 6.54 Å². The largest absolute Gasteiger partial charge is 0.476 e. The maximum Gasteiger partial charge on any atom is 0.358 e. The number of rotatable bonds is 3. The van der Waals surface area contributed by atoms with Crippen LogP contribution < -0.4 is 0 Å². The van der Waals surface area contributed by atoms with Crippen LogP contribution >= 0.6 is 0 Å². The van der Waals surface area contributed by atoms with Crippen molar-refractivity contribution in [1.82, 2.24) is 10.1 Å². The SMILES string of the molecule is CC1(C)CCC(=O)N(Cc2cc(C(=O)O)no2)CC1. The van der Waals surface area contributed by atoms with E-state index < -0.39 is 5.97 Å². The molecule has 104 valence electrons. The molecule has 19 heavy (non-hydrogen) atoms. The van der Waals surface area contributed by atoms with Crippen LogP contribution in [-0.4, -0.2) is 33.6 Å². The minimum Gasteiger partial charge on any atom is -0.476 e. The number of carbonyl (C=O) groups is 2. The van der Waals surface area contributed by atoms with Crippen molar-refractivity contribution in [3.63, 3.8) is 0 Å². The summed E-state index contributed by atoms with van der Waals surface area (Å²) in [5.74, 6) is -0.636. The first kappa shape index (κ1) is 13.6. The summed E-state index contributed by atoms with van der Waals surface area (Å²) in [5.41, 5.74) is 0.0375. The molecular formula is C13H18N2O4. The number of nitrogens with zero attached hydrogens (tertiary/aromatic N) is 2. The maximum absolute atomic E-state index is 12.0. The second-order valence-electron chi connectivity index (χ2n) is 5.71. The Balaban J connectivity index is 2.04. The predicted molar refractivity (Wildman–Crippen MR) is 66.5 cm³/mol. The molecule has 0 atom stereocenters. The van der Waals surface area contributed by atoms with Crippen molar-refractivity contribution in [3.8, 4) is 0 Å². The van der Waals surface area contributed by atoms with Gasteiger partial charge in [0, 0.05) is 19.0 Å². The third kappa shape index (κ3) is 3.33. The second-order valence-corrected chi connectivity index (χ2v) is 5.71. The van der Waals surface area contributed by atoms with Crippen LogP contribution in [0.3, 0.4) is 0 Å². The van der Waals surface area contributed by atoms with Crippen molar-refractivity contribution in [1.29, 1.82) is 0 Å². The van der Waals surface area contributed by atoms with Crippen LogP contribution in [0, 0.1) is 5.41 Å². The number of carboxylic acid groups (broad SMARTS) is 1. The molecular weight excluding hydrogens is 248 g/mol. The van der Waals surface area contributed by atoms with Gasteiger partial charge in [-0.15, -0.1) is 0 Å². The van der Waals surface area contributed by atoms with Gasteiger partial charge < -0.3 is 14.5 Å². The highest BCUT2D eigenvalue weighted by atomic mass is 16.5. The van der Waals surface area contributed by atoms with Gasteiger partial charge in [0.1, 0.15) is 0 Å². The summed E-state index contributed by atoms with van der Waals surface area (Å²) < 4.78 is 4.95.